The molecule has 0 aliphatic carbocycles. The number of carbonyl (C=O) groups is 1. The third-order valence-corrected chi connectivity index (χ3v) is 6.27. The Balaban J connectivity index is 1.98. The number of hydrogen-bond donors (Lipinski definition) is 2. The van der Waals surface area contributed by atoms with Crippen molar-refractivity contribution >= 4 is 27.5 Å². The molecule has 1 aliphatic heterocycles. The first kappa shape index (κ1) is 16.3. The van der Waals surface area contributed by atoms with Crippen LogP contribution in [0.15, 0.2) is 6.20 Å². The number of aliphatic carboxylic acids is 1. The van der Waals surface area contributed by atoms with Gasteiger partial charge in [0.1, 0.15) is 5.01 Å². The molecule has 0 saturated carbocycles. The Morgan fingerprint density at radius 1 is 1.52 bits per heavy atom. The van der Waals surface area contributed by atoms with Crippen LogP contribution in [0.5, 0.6) is 0 Å². The molecule has 1 atom stereocenters. The largest absolute Gasteiger partial charge is 0.481 e. The van der Waals surface area contributed by atoms with Gasteiger partial charge in [0.15, 0.2) is 0 Å². The van der Waals surface area contributed by atoms with Crippen LogP contribution in [-0.4, -0.2) is 41.9 Å². The molecular formula is C12H19N3O4S2. The first-order valence-electron chi connectivity index (χ1n) is 6.72. The molecule has 0 spiro atoms. The van der Waals surface area contributed by atoms with Crippen molar-refractivity contribution < 1.29 is 18.3 Å². The van der Waals surface area contributed by atoms with Crippen LogP contribution >= 0.6 is 11.3 Å². The first-order valence-corrected chi connectivity index (χ1v) is 8.98. The lowest BCUT2D eigenvalue weighted by atomic mass is 9.99. The van der Waals surface area contributed by atoms with Gasteiger partial charge in [0.2, 0.25) is 0 Å². The Labute approximate surface area is 128 Å². The van der Waals surface area contributed by atoms with E-state index in [0.717, 1.165) is 9.88 Å². The van der Waals surface area contributed by atoms with Crippen molar-refractivity contribution in [1.29, 1.82) is 0 Å². The number of thiazole rings is 1. The summed E-state index contributed by atoms with van der Waals surface area (Å²) in [7, 11) is -3.61. The standard InChI is InChI=1S/C12H19N3O4S2/c1-8-7-13-11(20-8)9(2)14-21(18,19)15-5-3-10(4-6-15)12(16)17/h7,9-10,14H,3-6H2,1-2H3,(H,16,17). The zero-order chi connectivity index (χ0) is 15.6. The van der Waals surface area contributed by atoms with E-state index < -0.39 is 28.1 Å². The number of carboxylic acids is 1. The molecule has 2 heterocycles. The van der Waals surface area contributed by atoms with Crippen LogP contribution in [0.25, 0.3) is 0 Å². The van der Waals surface area contributed by atoms with Gasteiger partial charge in [-0.2, -0.15) is 17.4 Å². The molecule has 1 aromatic rings. The van der Waals surface area contributed by atoms with Gasteiger partial charge in [-0.3, -0.25) is 4.79 Å². The van der Waals surface area contributed by atoms with Crippen LogP contribution < -0.4 is 4.72 Å². The van der Waals surface area contributed by atoms with Gasteiger partial charge in [0, 0.05) is 24.2 Å². The molecule has 1 fully saturated rings. The third kappa shape index (κ3) is 4.00. The molecule has 1 unspecified atom stereocenters. The molecule has 1 aromatic heterocycles. The van der Waals surface area contributed by atoms with Gasteiger partial charge < -0.3 is 5.11 Å². The zero-order valence-electron chi connectivity index (χ0n) is 11.9. The van der Waals surface area contributed by atoms with Crippen molar-refractivity contribution in [2.45, 2.75) is 32.7 Å². The Morgan fingerprint density at radius 2 is 2.14 bits per heavy atom. The summed E-state index contributed by atoms with van der Waals surface area (Å²) in [6, 6.07) is -0.397. The SMILES string of the molecule is Cc1cnc(C(C)NS(=O)(=O)N2CCC(C(=O)O)CC2)s1. The lowest BCUT2D eigenvalue weighted by Crippen LogP contribution is -2.46. The van der Waals surface area contributed by atoms with E-state index in [1.54, 1.807) is 13.1 Å². The minimum absolute atomic E-state index is 0.232. The molecule has 1 saturated heterocycles. The van der Waals surface area contributed by atoms with Gasteiger partial charge >= 0.3 is 5.97 Å². The fraction of sp³-hybridized carbons (Fsp3) is 0.667. The van der Waals surface area contributed by atoms with E-state index in [4.69, 9.17) is 5.11 Å². The second-order valence-electron chi connectivity index (χ2n) is 5.17. The second-order valence-corrected chi connectivity index (χ2v) is 8.13. The average molecular weight is 333 g/mol. The molecule has 0 radical (unpaired) electrons. The van der Waals surface area contributed by atoms with Gasteiger partial charge in [-0.25, -0.2) is 4.98 Å². The number of piperidine rings is 1. The number of carboxylic acid groups (broad SMARTS) is 1. The number of nitrogens with one attached hydrogen (secondary N) is 1. The smallest absolute Gasteiger partial charge is 0.306 e. The van der Waals surface area contributed by atoms with Gasteiger partial charge in [0.25, 0.3) is 10.2 Å². The van der Waals surface area contributed by atoms with Crippen LogP contribution in [-0.2, 0) is 15.0 Å². The van der Waals surface area contributed by atoms with Crippen molar-refractivity contribution in [3.05, 3.63) is 16.1 Å². The Kier molecular flexibility index (Phi) is 4.97. The Bertz CT molecular complexity index is 606. The van der Waals surface area contributed by atoms with E-state index in [1.165, 1.54) is 15.6 Å². The molecular weight excluding hydrogens is 314 g/mol. The van der Waals surface area contributed by atoms with Crippen LogP contribution in [0, 0.1) is 12.8 Å². The molecule has 0 amide bonds. The second kappa shape index (κ2) is 6.39. The summed E-state index contributed by atoms with van der Waals surface area (Å²) >= 11 is 1.45. The van der Waals surface area contributed by atoms with Gasteiger partial charge in [0.05, 0.1) is 12.0 Å². The number of nitrogens with zero attached hydrogens (tertiary/aromatic N) is 2. The van der Waals surface area contributed by atoms with Crippen LogP contribution in [0.4, 0.5) is 0 Å². The van der Waals surface area contributed by atoms with Crippen molar-refractivity contribution in [2.24, 2.45) is 5.92 Å². The van der Waals surface area contributed by atoms with E-state index >= 15 is 0 Å². The molecule has 0 bridgehead atoms. The highest BCUT2D eigenvalue weighted by atomic mass is 32.2. The zero-order valence-corrected chi connectivity index (χ0v) is 13.6. The van der Waals surface area contributed by atoms with E-state index in [-0.39, 0.29) is 13.1 Å². The maximum Gasteiger partial charge on any atom is 0.306 e. The molecule has 7 nitrogen and oxygen atoms in total. The van der Waals surface area contributed by atoms with Gasteiger partial charge in [-0.05, 0) is 26.7 Å². The van der Waals surface area contributed by atoms with E-state index in [9.17, 15) is 13.2 Å². The summed E-state index contributed by atoms with van der Waals surface area (Å²) in [5.41, 5.74) is 0. The number of aromatic nitrogens is 1. The average Bonchev–Trinajstić information content (AvgIpc) is 2.85. The summed E-state index contributed by atoms with van der Waals surface area (Å²) in [6.07, 6.45) is 2.41. The third-order valence-electron chi connectivity index (χ3n) is 3.48. The Hall–Kier alpha value is -1.03. The molecule has 0 aromatic carbocycles. The number of aryl methyl sites for hydroxylation is 1. The number of rotatable bonds is 5. The van der Waals surface area contributed by atoms with Crippen molar-refractivity contribution in [3.8, 4) is 0 Å². The van der Waals surface area contributed by atoms with E-state index in [2.05, 4.69) is 9.71 Å². The molecule has 9 heteroatoms. The first-order chi connectivity index (χ1) is 9.79. The molecule has 118 valence electrons. The predicted octanol–water partition coefficient (Wildman–Crippen LogP) is 1.14. The van der Waals surface area contributed by atoms with Crippen LogP contribution in [0.1, 0.15) is 35.7 Å². The number of hydrogen-bond acceptors (Lipinski definition) is 5. The monoisotopic (exact) mass is 333 g/mol. The highest BCUT2D eigenvalue weighted by Gasteiger charge is 2.32. The summed E-state index contributed by atoms with van der Waals surface area (Å²) in [5, 5.41) is 9.65. The highest BCUT2D eigenvalue weighted by Crippen LogP contribution is 2.23. The maximum atomic E-state index is 12.3. The van der Waals surface area contributed by atoms with E-state index in [0.29, 0.717) is 12.8 Å². The predicted molar refractivity (Wildman–Crippen MR) is 79.3 cm³/mol. The minimum atomic E-state index is -3.61. The van der Waals surface area contributed by atoms with Gasteiger partial charge in [-0.15, -0.1) is 11.3 Å². The normalized spacial score (nSPS) is 19.5. The maximum absolute atomic E-state index is 12.3. The molecule has 1 aliphatic rings. The van der Waals surface area contributed by atoms with Crippen molar-refractivity contribution in [1.82, 2.24) is 14.0 Å². The van der Waals surface area contributed by atoms with Gasteiger partial charge in [-0.1, -0.05) is 0 Å². The summed E-state index contributed by atoms with van der Waals surface area (Å²) in [4.78, 5) is 16.1. The van der Waals surface area contributed by atoms with Crippen LogP contribution in [0.2, 0.25) is 0 Å². The quantitative estimate of drug-likeness (QED) is 0.842. The lowest BCUT2D eigenvalue weighted by Gasteiger charge is -2.30. The van der Waals surface area contributed by atoms with E-state index in [1.807, 2.05) is 6.92 Å². The van der Waals surface area contributed by atoms with Crippen molar-refractivity contribution in [2.75, 3.05) is 13.1 Å². The summed E-state index contributed by atoms with van der Waals surface area (Å²) in [6.45, 7) is 4.13. The lowest BCUT2D eigenvalue weighted by molar-refractivity contribution is -0.142. The highest BCUT2D eigenvalue weighted by molar-refractivity contribution is 7.87. The molecule has 2 rings (SSSR count). The Morgan fingerprint density at radius 3 is 2.62 bits per heavy atom. The molecule has 2 N–H and O–H groups in total. The topological polar surface area (TPSA) is 99.6 Å². The van der Waals surface area contributed by atoms with Crippen LogP contribution in [0.3, 0.4) is 0 Å². The minimum Gasteiger partial charge on any atom is -0.481 e. The van der Waals surface area contributed by atoms with Crippen molar-refractivity contribution in [3.63, 3.8) is 0 Å². The molecule has 21 heavy (non-hydrogen) atoms. The summed E-state index contributed by atoms with van der Waals surface area (Å²) in [5.74, 6) is -1.30. The fourth-order valence-electron chi connectivity index (χ4n) is 2.26. The fourth-order valence-corrected chi connectivity index (χ4v) is 4.51. The summed E-state index contributed by atoms with van der Waals surface area (Å²) < 4.78 is 28.5.